The second-order valence-corrected chi connectivity index (χ2v) is 9.48. The third-order valence-corrected chi connectivity index (χ3v) is 6.60. The van der Waals surface area contributed by atoms with E-state index in [-0.39, 0.29) is 12.1 Å². The van der Waals surface area contributed by atoms with Crippen LogP contribution in [-0.4, -0.2) is 45.2 Å². The summed E-state index contributed by atoms with van der Waals surface area (Å²) in [5.41, 5.74) is 9.07. The van der Waals surface area contributed by atoms with Crippen LogP contribution in [0.4, 0.5) is 8.78 Å². The lowest BCUT2D eigenvalue weighted by molar-refractivity contribution is -0.0117. The van der Waals surface area contributed by atoms with Crippen molar-refractivity contribution in [1.29, 1.82) is 0 Å². The number of hydrogen-bond donors (Lipinski definition) is 1. The summed E-state index contributed by atoms with van der Waals surface area (Å²) in [6, 6.07) is 8.49. The van der Waals surface area contributed by atoms with Crippen LogP contribution >= 0.6 is 0 Å². The van der Waals surface area contributed by atoms with Crippen molar-refractivity contribution in [3.8, 4) is 17.3 Å². The lowest BCUT2D eigenvalue weighted by atomic mass is 10.2. The fourth-order valence-corrected chi connectivity index (χ4v) is 4.70. The topological polar surface area (TPSA) is 97.2 Å². The number of nitrogens with zero attached hydrogens (tertiary/aromatic N) is 4. The van der Waals surface area contributed by atoms with E-state index in [0.29, 0.717) is 50.6 Å². The molecule has 1 aliphatic carbocycles. The fraction of sp³-hybridized carbons (Fsp3) is 0.370. The highest BCUT2D eigenvalue weighted by atomic mass is 19.3. The van der Waals surface area contributed by atoms with E-state index in [1.54, 1.807) is 25.1 Å². The molecule has 4 aromatic rings. The Labute approximate surface area is 212 Å². The molecule has 1 unspecified atom stereocenters. The summed E-state index contributed by atoms with van der Waals surface area (Å²) in [5, 5.41) is 0.699. The molecule has 3 aromatic heterocycles. The molecule has 0 aliphatic heterocycles. The van der Waals surface area contributed by atoms with Crippen LogP contribution in [0.15, 0.2) is 43.0 Å². The summed E-state index contributed by atoms with van der Waals surface area (Å²) < 4.78 is 44.1. The summed E-state index contributed by atoms with van der Waals surface area (Å²) in [6.07, 6.45) is 2.57. The second-order valence-electron chi connectivity index (χ2n) is 9.48. The van der Waals surface area contributed by atoms with Gasteiger partial charge in [-0.15, -0.1) is 6.58 Å². The number of halogens is 2. The van der Waals surface area contributed by atoms with Crippen LogP contribution in [-0.2, 0) is 11.3 Å². The van der Waals surface area contributed by atoms with E-state index in [1.807, 2.05) is 16.7 Å². The Morgan fingerprint density at radius 1 is 1.27 bits per heavy atom. The Bertz CT molecular complexity index is 1520. The highest BCUT2D eigenvalue weighted by Gasteiger charge is 2.35. The molecule has 8 nitrogen and oxygen atoms in total. The van der Waals surface area contributed by atoms with E-state index in [4.69, 9.17) is 20.2 Å². The number of benzene rings is 1. The van der Waals surface area contributed by atoms with Gasteiger partial charge >= 0.3 is 5.97 Å². The van der Waals surface area contributed by atoms with Crippen LogP contribution < -0.4 is 10.5 Å². The molecular weight excluding hydrogens is 480 g/mol. The molecule has 10 heteroatoms. The maximum absolute atomic E-state index is 15.0. The normalized spacial score (nSPS) is 14.8. The largest absolute Gasteiger partial charge is 0.494 e. The van der Waals surface area contributed by atoms with Crippen molar-refractivity contribution in [3.05, 3.63) is 54.2 Å². The summed E-state index contributed by atoms with van der Waals surface area (Å²) >= 11 is 0. The first-order valence-electron chi connectivity index (χ1n) is 12.1. The van der Waals surface area contributed by atoms with Gasteiger partial charge in [-0.25, -0.2) is 23.5 Å². The van der Waals surface area contributed by atoms with Crippen molar-refractivity contribution in [1.82, 2.24) is 19.1 Å². The average molecular weight is 510 g/mol. The zero-order valence-electron chi connectivity index (χ0n) is 21.0. The summed E-state index contributed by atoms with van der Waals surface area (Å²) in [4.78, 5) is 21.8. The number of fused-ring (bicyclic) bond motifs is 2. The van der Waals surface area contributed by atoms with Crippen molar-refractivity contribution in [3.63, 3.8) is 0 Å². The molecule has 1 saturated carbocycles. The van der Waals surface area contributed by atoms with Gasteiger partial charge in [0.25, 0.3) is 5.92 Å². The Balaban J connectivity index is 1.80. The van der Waals surface area contributed by atoms with E-state index < -0.39 is 24.9 Å². The summed E-state index contributed by atoms with van der Waals surface area (Å²) in [7, 11) is 2.82. The van der Waals surface area contributed by atoms with Gasteiger partial charge in [0.15, 0.2) is 5.82 Å². The van der Waals surface area contributed by atoms with Crippen molar-refractivity contribution >= 4 is 28.0 Å². The molecule has 1 aliphatic rings. The van der Waals surface area contributed by atoms with Gasteiger partial charge in [0.1, 0.15) is 16.9 Å². The lowest BCUT2D eigenvalue weighted by Gasteiger charge is -2.19. The Hall–Kier alpha value is -3.79. The van der Waals surface area contributed by atoms with Gasteiger partial charge in [0, 0.05) is 23.9 Å². The Morgan fingerprint density at radius 2 is 2.03 bits per heavy atom. The van der Waals surface area contributed by atoms with Crippen molar-refractivity contribution in [2.24, 2.45) is 5.73 Å². The van der Waals surface area contributed by atoms with Crippen LogP contribution in [0, 0.1) is 0 Å². The zero-order valence-corrected chi connectivity index (χ0v) is 21.0. The standard InChI is InChI=1S/C27H29F2N5O3/c1-5-10-27(28,29)14-33-21(12-16-6-9-19(15(2)30)31-24(16)33)25-32-20-11-17(26(35)37-4)13-22(36-3)23(20)34(25)18-7-8-18/h5-6,9,11-13,15,18H,1,7-8,10,14,30H2,2-4H3. The molecule has 194 valence electrons. The third-order valence-electron chi connectivity index (χ3n) is 6.60. The van der Waals surface area contributed by atoms with E-state index in [0.717, 1.165) is 12.8 Å². The molecule has 0 bridgehead atoms. The van der Waals surface area contributed by atoms with Gasteiger partial charge in [-0.2, -0.15) is 0 Å². The maximum atomic E-state index is 15.0. The molecule has 37 heavy (non-hydrogen) atoms. The SMILES string of the molecule is C=CCC(F)(F)Cn1c(-c2nc3cc(C(=O)OC)cc(OC)c3n2C2CC2)cc2ccc(C(C)N)nc21. The Morgan fingerprint density at radius 3 is 2.65 bits per heavy atom. The number of pyridine rings is 1. The number of alkyl halides is 2. The molecule has 0 saturated heterocycles. The van der Waals surface area contributed by atoms with Crippen LogP contribution in [0.2, 0.25) is 0 Å². The minimum absolute atomic E-state index is 0.130. The molecule has 1 atom stereocenters. The predicted octanol–water partition coefficient (Wildman–Crippen LogP) is 5.41. The first kappa shape index (κ1) is 24.9. The quantitative estimate of drug-likeness (QED) is 0.239. The minimum atomic E-state index is -3.05. The van der Waals surface area contributed by atoms with Crippen LogP contribution in [0.5, 0.6) is 5.75 Å². The third kappa shape index (κ3) is 4.46. The van der Waals surface area contributed by atoms with Crippen LogP contribution in [0.3, 0.4) is 0 Å². The van der Waals surface area contributed by atoms with E-state index in [2.05, 4.69) is 11.6 Å². The molecule has 1 fully saturated rings. The van der Waals surface area contributed by atoms with Gasteiger partial charge in [0.2, 0.25) is 0 Å². The van der Waals surface area contributed by atoms with Crippen molar-refractivity contribution in [2.75, 3.05) is 14.2 Å². The second kappa shape index (κ2) is 9.26. The molecule has 5 rings (SSSR count). The van der Waals surface area contributed by atoms with Crippen molar-refractivity contribution in [2.45, 2.75) is 50.7 Å². The molecular formula is C27H29F2N5O3. The lowest BCUT2D eigenvalue weighted by Crippen LogP contribution is -2.24. The van der Waals surface area contributed by atoms with Gasteiger partial charge < -0.3 is 24.3 Å². The number of aromatic nitrogens is 4. The number of rotatable bonds is 9. The van der Waals surface area contributed by atoms with E-state index in [9.17, 15) is 4.79 Å². The molecule has 2 N–H and O–H groups in total. The first-order valence-corrected chi connectivity index (χ1v) is 12.1. The fourth-order valence-electron chi connectivity index (χ4n) is 4.70. The maximum Gasteiger partial charge on any atom is 0.338 e. The van der Waals surface area contributed by atoms with Crippen LogP contribution in [0.1, 0.15) is 54.3 Å². The molecule has 3 heterocycles. The van der Waals surface area contributed by atoms with Crippen LogP contribution in [0.25, 0.3) is 33.6 Å². The number of imidazole rings is 1. The van der Waals surface area contributed by atoms with E-state index in [1.165, 1.54) is 24.9 Å². The van der Waals surface area contributed by atoms with Gasteiger partial charge in [-0.05, 0) is 50.1 Å². The first-order chi connectivity index (χ1) is 17.7. The van der Waals surface area contributed by atoms with Gasteiger partial charge in [-0.1, -0.05) is 6.08 Å². The number of nitrogens with two attached hydrogens (primary N) is 1. The average Bonchev–Trinajstić information content (AvgIpc) is 3.55. The number of esters is 1. The molecule has 1 aromatic carbocycles. The number of hydrogen-bond acceptors (Lipinski definition) is 6. The minimum Gasteiger partial charge on any atom is -0.494 e. The number of carbonyl (C=O) groups is 1. The Kier molecular flexibility index (Phi) is 6.23. The molecule has 0 radical (unpaired) electrons. The summed E-state index contributed by atoms with van der Waals surface area (Å²) in [5.74, 6) is -2.61. The smallest absolute Gasteiger partial charge is 0.338 e. The highest BCUT2D eigenvalue weighted by Crippen LogP contribution is 2.45. The predicted molar refractivity (Wildman–Crippen MR) is 137 cm³/mol. The summed E-state index contributed by atoms with van der Waals surface area (Å²) in [6.45, 7) is 4.68. The number of ether oxygens (including phenoxy) is 2. The number of carbonyl (C=O) groups excluding carboxylic acids is 1. The highest BCUT2D eigenvalue weighted by molar-refractivity contribution is 5.97. The van der Waals surface area contributed by atoms with Gasteiger partial charge in [-0.3, -0.25) is 0 Å². The molecule has 0 amide bonds. The number of allylic oxidation sites excluding steroid dienone is 1. The monoisotopic (exact) mass is 509 g/mol. The van der Waals surface area contributed by atoms with Gasteiger partial charge in [0.05, 0.1) is 43.2 Å². The number of methoxy groups -OCH3 is 2. The zero-order chi connectivity index (χ0) is 26.5. The van der Waals surface area contributed by atoms with E-state index >= 15 is 8.78 Å². The molecule has 0 spiro atoms. The van der Waals surface area contributed by atoms with Crippen molar-refractivity contribution < 1.29 is 23.0 Å².